The summed E-state index contributed by atoms with van der Waals surface area (Å²) in [6.45, 7) is 0.358. The van der Waals surface area contributed by atoms with Crippen LogP contribution in [0.5, 0.6) is 0 Å². The SMILES string of the molecule is COCc1nc(Cl)cc(NCCCC(F)(F)F)n1. The number of nitrogens with zero attached hydrogens (tertiary/aromatic N) is 2. The summed E-state index contributed by atoms with van der Waals surface area (Å²) < 4.78 is 40.6. The highest BCUT2D eigenvalue weighted by Crippen LogP contribution is 2.21. The maximum Gasteiger partial charge on any atom is 0.389 e. The summed E-state index contributed by atoms with van der Waals surface area (Å²) in [5.41, 5.74) is 0. The molecule has 0 radical (unpaired) electrons. The van der Waals surface area contributed by atoms with Crippen LogP contribution in [0, 0.1) is 0 Å². The van der Waals surface area contributed by atoms with Gasteiger partial charge in [-0.25, -0.2) is 9.97 Å². The van der Waals surface area contributed by atoms with Gasteiger partial charge in [-0.05, 0) is 6.42 Å². The zero-order chi connectivity index (χ0) is 13.6. The highest BCUT2D eigenvalue weighted by atomic mass is 35.5. The number of nitrogens with one attached hydrogen (secondary N) is 1. The van der Waals surface area contributed by atoms with Crippen molar-refractivity contribution in [2.24, 2.45) is 0 Å². The third-order valence-corrected chi connectivity index (χ3v) is 2.15. The van der Waals surface area contributed by atoms with Gasteiger partial charge in [-0.15, -0.1) is 0 Å². The average molecular weight is 284 g/mol. The number of hydrogen-bond acceptors (Lipinski definition) is 4. The fourth-order valence-corrected chi connectivity index (χ4v) is 1.46. The predicted molar refractivity (Wildman–Crippen MR) is 61.5 cm³/mol. The Balaban J connectivity index is 2.46. The van der Waals surface area contributed by atoms with E-state index in [1.807, 2.05) is 0 Å². The van der Waals surface area contributed by atoms with Gasteiger partial charge in [0.25, 0.3) is 0 Å². The molecule has 0 saturated carbocycles. The first-order valence-corrected chi connectivity index (χ1v) is 5.61. The third-order valence-electron chi connectivity index (χ3n) is 1.96. The van der Waals surface area contributed by atoms with E-state index >= 15 is 0 Å². The molecule has 0 amide bonds. The molecule has 1 N–H and O–H groups in total. The molecule has 0 unspecified atom stereocenters. The van der Waals surface area contributed by atoms with Crippen molar-refractivity contribution in [1.82, 2.24) is 9.97 Å². The van der Waals surface area contributed by atoms with Gasteiger partial charge in [0.2, 0.25) is 0 Å². The molecule has 0 aromatic carbocycles. The van der Waals surface area contributed by atoms with E-state index in [4.69, 9.17) is 16.3 Å². The fraction of sp³-hybridized carbons (Fsp3) is 0.600. The van der Waals surface area contributed by atoms with E-state index in [0.29, 0.717) is 11.6 Å². The molecule has 102 valence electrons. The van der Waals surface area contributed by atoms with Crippen LogP contribution in [0.25, 0.3) is 0 Å². The second-order valence-corrected chi connectivity index (χ2v) is 3.96. The molecular formula is C10H13ClF3N3O. The highest BCUT2D eigenvalue weighted by Gasteiger charge is 2.25. The van der Waals surface area contributed by atoms with Crippen LogP contribution < -0.4 is 5.32 Å². The Morgan fingerprint density at radius 3 is 2.72 bits per heavy atom. The lowest BCUT2D eigenvalue weighted by atomic mass is 10.3. The number of methoxy groups -OCH3 is 1. The van der Waals surface area contributed by atoms with Crippen LogP contribution >= 0.6 is 11.6 Å². The minimum absolute atomic E-state index is 0.0231. The van der Waals surface area contributed by atoms with Crippen molar-refractivity contribution in [3.63, 3.8) is 0 Å². The summed E-state index contributed by atoms with van der Waals surface area (Å²) in [6, 6.07) is 1.45. The average Bonchev–Trinajstić information content (AvgIpc) is 2.23. The van der Waals surface area contributed by atoms with Gasteiger partial charge in [0, 0.05) is 26.1 Å². The molecule has 1 aromatic rings. The largest absolute Gasteiger partial charge is 0.389 e. The summed E-state index contributed by atoms with van der Waals surface area (Å²) in [5, 5.41) is 2.98. The van der Waals surface area contributed by atoms with E-state index in [1.165, 1.54) is 13.2 Å². The van der Waals surface area contributed by atoms with Gasteiger partial charge in [-0.3, -0.25) is 0 Å². The highest BCUT2D eigenvalue weighted by molar-refractivity contribution is 6.29. The monoisotopic (exact) mass is 283 g/mol. The minimum Gasteiger partial charge on any atom is -0.377 e. The number of halogens is 4. The Kier molecular flexibility index (Phi) is 5.61. The Morgan fingerprint density at radius 2 is 2.11 bits per heavy atom. The molecule has 0 spiro atoms. The van der Waals surface area contributed by atoms with Crippen molar-refractivity contribution >= 4 is 17.4 Å². The molecule has 0 fully saturated rings. The second-order valence-electron chi connectivity index (χ2n) is 3.57. The maximum absolute atomic E-state index is 11.9. The van der Waals surface area contributed by atoms with Crippen LogP contribution in [0.15, 0.2) is 6.07 Å². The van der Waals surface area contributed by atoms with E-state index in [9.17, 15) is 13.2 Å². The molecular weight excluding hydrogens is 271 g/mol. The van der Waals surface area contributed by atoms with Crippen LogP contribution in [-0.2, 0) is 11.3 Å². The van der Waals surface area contributed by atoms with Crippen LogP contribution in [-0.4, -0.2) is 29.8 Å². The van der Waals surface area contributed by atoms with E-state index in [0.717, 1.165) is 0 Å². The third kappa shape index (κ3) is 6.02. The van der Waals surface area contributed by atoms with Gasteiger partial charge < -0.3 is 10.1 Å². The quantitative estimate of drug-likeness (QED) is 0.644. The molecule has 0 bridgehead atoms. The molecule has 4 nitrogen and oxygen atoms in total. The first-order valence-electron chi connectivity index (χ1n) is 5.24. The van der Waals surface area contributed by atoms with Crippen molar-refractivity contribution in [2.45, 2.75) is 25.6 Å². The van der Waals surface area contributed by atoms with E-state index in [1.54, 1.807) is 0 Å². The lowest BCUT2D eigenvalue weighted by Gasteiger charge is -2.09. The number of alkyl halides is 3. The standard InChI is InChI=1S/C10H13ClF3N3O/c1-18-6-9-16-7(11)5-8(17-9)15-4-2-3-10(12,13)14/h5H,2-4,6H2,1H3,(H,15,16,17). The topological polar surface area (TPSA) is 47.0 Å². The molecule has 8 heteroatoms. The van der Waals surface area contributed by atoms with Crippen molar-refractivity contribution in [3.8, 4) is 0 Å². The first kappa shape index (κ1) is 15.0. The molecule has 0 aliphatic carbocycles. The molecule has 0 atom stereocenters. The first-order chi connectivity index (χ1) is 8.40. The molecule has 0 aliphatic heterocycles. The number of aromatic nitrogens is 2. The van der Waals surface area contributed by atoms with Crippen molar-refractivity contribution in [3.05, 3.63) is 17.0 Å². The number of rotatable bonds is 6. The lowest BCUT2D eigenvalue weighted by Crippen LogP contribution is -2.12. The van der Waals surface area contributed by atoms with Crippen molar-refractivity contribution in [1.29, 1.82) is 0 Å². The Morgan fingerprint density at radius 1 is 1.39 bits per heavy atom. The van der Waals surface area contributed by atoms with E-state index in [2.05, 4.69) is 15.3 Å². The van der Waals surface area contributed by atoms with E-state index in [-0.39, 0.29) is 24.7 Å². The molecule has 1 heterocycles. The van der Waals surface area contributed by atoms with Crippen molar-refractivity contribution in [2.75, 3.05) is 19.0 Å². The lowest BCUT2D eigenvalue weighted by molar-refractivity contribution is -0.134. The summed E-state index contributed by atoms with van der Waals surface area (Å²) in [6.07, 6.45) is -4.99. The second kappa shape index (κ2) is 6.75. The molecule has 1 rings (SSSR count). The maximum atomic E-state index is 11.9. The molecule has 1 aromatic heterocycles. The summed E-state index contributed by atoms with van der Waals surface area (Å²) in [5.74, 6) is 0.771. The zero-order valence-corrected chi connectivity index (χ0v) is 10.5. The molecule has 18 heavy (non-hydrogen) atoms. The van der Waals surface area contributed by atoms with Crippen LogP contribution in [0.3, 0.4) is 0 Å². The van der Waals surface area contributed by atoms with Crippen LogP contribution in [0.2, 0.25) is 5.15 Å². The Bertz CT molecular complexity index is 387. The van der Waals surface area contributed by atoms with Gasteiger partial charge in [0.15, 0.2) is 5.82 Å². The van der Waals surface area contributed by atoms with E-state index < -0.39 is 12.6 Å². The van der Waals surface area contributed by atoms with Gasteiger partial charge in [0.1, 0.15) is 17.6 Å². The van der Waals surface area contributed by atoms with Gasteiger partial charge >= 0.3 is 6.18 Å². The normalized spacial score (nSPS) is 11.6. The number of anilines is 1. The smallest absolute Gasteiger partial charge is 0.377 e. The summed E-state index contributed by atoms with van der Waals surface area (Å²) in [4.78, 5) is 7.94. The summed E-state index contributed by atoms with van der Waals surface area (Å²) in [7, 11) is 1.49. The van der Waals surface area contributed by atoms with Crippen molar-refractivity contribution < 1.29 is 17.9 Å². The van der Waals surface area contributed by atoms with Crippen LogP contribution in [0.4, 0.5) is 19.0 Å². The van der Waals surface area contributed by atoms with Gasteiger partial charge in [-0.1, -0.05) is 11.6 Å². The minimum atomic E-state index is -4.13. The molecule has 0 aliphatic rings. The molecule has 0 saturated heterocycles. The number of ether oxygens (including phenoxy) is 1. The van der Waals surface area contributed by atoms with Gasteiger partial charge in [0.05, 0.1) is 0 Å². The van der Waals surface area contributed by atoms with Gasteiger partial charge in [-0.2, -0.15) is 13.2 Å². The predicted octanol–water partition coefficient (Wildman–Crippen LogP) is 3.03. The zero-order valence-electron chi connectivity index (χ0n) is 9.72. The fourth-order valence-electron chi connectivity index (χ4n) is 1.25. The Hall–Kier alpha value is -1.08. The summed E-state index contributed by atoms with van der Waals surface area (Å²) >= 11 is 5.74. The van der Waals surface area contributed by atoms with Crippen LogP contribution in [0.1, 0.15) is 18.7 Å². The Labute approximate surface area is 108 Å². The number of hydrogen-bond donors (Lipinski definition) is 1.